The van der Waals surface area contributed by atoms with Crippen LogP contribution in [-0.4, -0.2) is 26.0 Å². The first kappa shape index (κ1) is 13.0. The van der Waals surface area contributed by atoms with E-state index in [1.54, 1.807) is 16.4 Å². The van der Waals surface area contributed by atoms with Gasteiger partial charge in [0.25, 0.3) is 0 Å². The Bertz CT molecular complexity index is 493. The van der Waals surface area contributed by atoms with E-state index in [4.69, 9.17) is 5.73 Å². The minimum absolute atomic E-state index is 0.00222. The van der Waals surface area contributed by atoms with Crippen LogP contribution in [0.25, 0.3) is 0 Å². The van der Waals surface area contributed by atoms with Gasteiger partial charge in [0.05, 0.1) is 0 Å². The van der Waals surface area contributed by atoms with Gasteiger partial charge in [-0.1, -0.05) is 43.0 Å². The highest BCUT2D eigenvalue weighted by Gasteiger charge is 2.09. The molecule has 2 N–H and O–H groups in total. The van der Waals surface area contributed by atoms with Crippen LogP contribution in [0.2, 0.25) is 0 Å². The summed E-state index contributed by atoms with van der Waals surface area (Å²) in [5.74, 6) is 0.764. The summed E-state index contributed by atoms with van der Waals surface area (Å²) in [5.41, 5.74) is 8.63. The monoisotopic (exact) mass is 263 g/mol. The van der Waals surface area contributed by atoms with Gasteiger partial charge in [-0.3, -0.25) is 0 Å². The zero-order valence-corrected chi connectivity index (χ0v) is 11.4. The number of nitrogens with zero attached hydrogens (tertiary/aromatic N) is 4. The Hall–Kier alpha value is -1.40. The third kappa shape index (κ3) is 3.08. The predicted molar refractivity (Wildman–Crippen MR) is 72.3 cm³/mol. The van der Waals surface area contributed by atoms with E-state index in [-0.39, 0.29) is 6.04 Å². The molecule has 0 saturated heterocycles. The van der Waals surface area contributed by atoms with Crippen LogP contribution in [0, 0.1) is 0 Å². The van der Waals surface area contributed by atoms with E-state index in [1.807, 2.05) is 7.05 Å². The molecule has 0 amide bonds. The molecule has 2 aromatic rings. The molecule has 1 atom stereocenters. The Labute approximate surface area is 111 Å². The van der Waals surface area contributed by atoms with Gasteiger partial charge in [-0.15, -0.1) is 5.10 Å². The lowest BCUT2D eigenvalue weighted by molar-refractivity contribution is 0.663. The molecular formula is C12H17N5S. The molecule has 1 unspecified atom stereocenters. The van der Waals surface area contributed by atoms with Gasteiger partial charge in [0, 0.05) is 18.8 Å². The van der Waals surface area contributed by atoms with Gasteiger partial charge in [-0.2, -0.15) is 0 Å². The van der Waals surface area contributed by atoms with Crippen molar-refractivity contribution in [3.8, 4) is 0 Å². The molecule has 6 heteroatoms. The summed E-state index contributed by atoms with van der Waals surface area (Å²) in [7, 11) is 1.82. The maximum atomic E-state index is 6.15. The van der Waals surface area contributed by atoms with Gasteiger partial charge in [-0.05, 0) is 28.0 Å². The third-order valence-corrected chi connectivity index (χ3v) is 3.92. The molecule has 0 spiro atoms. The van der Waals surface area contributed by atoms with E-state index < -0.39 is 0 Å². The van der Waals surface area contributed by atoms with Crippen molar-refractivity contribution in [2.24, 2.45) is 12.8 Å². The number of aryl methyl sites for hydroxylation is 2. The number of hydrogen-bond acceptors (Lipinski definition) is 5. The molecule has 96 valence electrons. The highest BCUT2D eigenvalue weighted by atomic mass is 32.2. The van der Waals surface area contributed by atoms with E-state index in [0.717, 1.165) is 22.9 Å². The van der Waals surface area contributed by atoms with Crippen molar-refractivity contribution in [2.75, 3.05) is 5.75 Å². The van der Waals surface area contributed by atoms with Crippen molar-refractivity contribution < 1.29 is 0 Å². The first-order chi connectivity index (χ1) is 8.70. The molecule has 1 aromatic heterocycles. The van der Waals surface area contributed by atoms with Crippen LogP contribution < -0.4 is 5.73 Å². The molecule has 5 nitrogen and oxygen atoms in total. The second kappa shape index (κ2) is 5.97. The van der Waals surface area contributed by atoms with Gasteiger partial charge < -0.3 is 5.73 Å². The van der Waals surface area contributed by atoms with Crippen LogP contribution in [0.15, 0.2) is 29.4 Å². The van der Waals surface area contributed by atoms with Crippen molar-refractivity contribution in [3.05, 3.63) is 35.4 Å². The highest BCUT2D eigenvalue weighted by molar-refractivity contribution is 7.99. The van der Waals surface area contributed by atoms with E-state index >= 15 is 0 Å². The average molecular weight is 263 g/mol. The first-order valence-corrected chi connectivity index (χ1v) is 6.89. The maximum Gasteiger partial charge on any atom is 0.209 e. The Morgan fingerprint density at radius 1 is 1.33 bits per heavy atom. The third-order valence-electron chi connectivity index (χ3n) is 2.79. The second-order valence-corrected chi connectivity index (χ2v) is 5.08. The van der Waals surface area contributed by atoms with E-state index in [9.17, 15) is 0 Å². The largest absolute Gasteiger partial charge is 0.323 e. The van der Waals surface area contributed by atoms with Gasteiger partial charge in [0.1, 0.15) is 0 Å². The topological polar surface area (TPSA) is 69.6 Å². The summed E-state index contributed by atoms with van der Waals surface area (Å²) in [5, 5.41) is 12.1. The van der Waals surface area contributed by atoms with Gasteiger partial charge in [0.2, 0.25) is 5.16 Å². The Morgan fingerprint density at radius 2 is 2.06 bits per heavy atom. The maximum absolute atomic E-state index is 6.15. The molecule has 0 aliphatic carbocycles. The Kier molecular flexibility index (Phi) is 4.33. The summed E-state index contributed by atoms with van der Waals surface area (Å²) in [6, 6.07) is 8.45. The van der Waals surface area contributed by atoms with Crippen molar-refractivity contribution in [3.63, 3.8) is 0 Å². The molecule has 0 aliphatic rings. The quantitative estimate of drug-likeness (QED) is 0.829. The van der Waals surface area contributed by atoms with Crippen LogP contribution in [0.5, 0.6) is 0 Å². The lowest BCUT2D eigenvalue weighted by atomic mass is 10.1. The minimum Gasteiger partial charge on any atom is -0.323 e. The second-order valence-electron chi connectivity index (χ2n) is 4.10. The fourth-order valence-corrected chi connectivity index (χ4v) is 2.44. The summed E-state index contributed by atoms with van der Waals surface area (Å²) in [4.78, 5) is 0. The molecule has 2 rings (SSSR count). The van der Waals surface area contributed by atoms with Gasteiger partial charge in [-0.25, -0.2) is 4.68 Å². The number of tetrazole rings is 1. The zero-order valence-electron chi connectivity index (χ0n) is 10.6. The van der Waals surface area contributed by atoms with Crippen molar-refractivity contribution in [2.45, 2.75) is 24.5 Å². The van der Waals surface area contributed by atoms with Crippen LogP contribution >= 0.6 is 11.8 Å². The summed E-state index contributed by atoms with van der Waals surface area (Å²) < 4.78 is 1.65. The molecule has 18 heavy (non-hydrogen) atoms. The standard InChI is InChI=1S/C12H17N5S/c1-3-9-4-6-10(7-5-9)11(13)8-18-12-14-15-16-17(12)2/h4-7,11H,3,8,13H2,1-2H3. The van der Waals surface area contributed by atoms with E-state index in [1.165, 1.54) is 5.56 Å². The average Bonchev–Trinajstić information content (AvgIpc) is 2.81. The zero-order chi connectivity index (χ0) is 13.0. The van der Waals surface area contributed by atoms with Crippen molar-refractivity contribution in [1.82, 2.24) is 20.2 Å². The van der Waals surface area contributed by atoms with Crippen molar-refractivity contribution in [1.29, 1.82) is 0 Å². The lowest BCUT2D eigenvalue weighted by Crippen LogP contribution is -2.13. The SMILES string of the molecule is CCc1ccc(C(N)CSc2nnnn2C)cc1. The van der Waals surface area contributed by atoms with Crippen LogP contribution in [-0.2, 0) is 13.5 Å². The molecule has 0 saturated carbocycles. The Balaban J connectivity index is 1.94. The normalized spacial score (nSPS) is 12.6. The fourth-order valence-electron chi connectivity index (χ4n) is 1.60. The molecule has 0 fully saturated rings. The number of hydrogen-bond donors (Lipinski definition) is 1. The molecule has 1 aromatic carbocycles. The van der Waals surface area contributed by atoms with Crippen LogP contribution in [0.4, 0.5) is 0 Å². The number of nitrogens with two attached hydrogens (primary N) is 1. The number of aromatic nitrogens is 4. The number of thioether (sulfide) groups is 1. The number of rotatable bonds is 5. The lowest BCUT2D eigenvalue weighted by Gasteiger charge is -2.11. The highest BCUT2D eigenvalue weighted by Crippen LogP contribution is 2.21. The molecule has 0 radical (unpaired) electrons. The van der Waals surface area contributed by atoms with Crippen molar-refractivity contribution >= 4 is 11.8 Å². The first-order valence-electron chi connectivity index (χ1n) is 5.90. The van der Waals surface area contributed by atoms with Crippen LogP contribution in [0.3, 0.4) is 0 Å². The summed E-state index contributed by atoms with van der Waals surface area (Å²) >= 11 is 1.57. The summed E-state index contributed by atoms with van der Waals surface area (Å²) in [6.07, 6.45) is 1.05. The van der Waals surface area contributed by atoms with Crippen LogP contribution in [0.1, 0.15) is 24.1 Å². The molecule has 0 aliphatic heterocycles. The van der Waals surface area contributed by atoms with E-state index in [0.29, 0.717) is 0 Å². The molecular weight excluding hydrogens is 246 g/mol. The number of benzene rings is 1. The minimum atomic E-state index is -0.00222. The van der Waals surface area contributed by atoms with Gasteiger partial charge in [0.15, 0.2) is 0 Å². The summed E-state index contributed by atoms with van der Waals surface area (Å²) in [6.45, 7) is 2.14. The smallest absolute Gasteiger partial charge is 0.209 e. The predicted octanol–water partition coefficient (Wildman–Crippen LogP) is 1.56. The van der Waals surface area contributed by atoms with E-state index in [2.05, 4.69) is 46.7 Å². The molecule has 0 bridgehead atoms. The van der Waals surface area contributed by atoms with Gasteiger partial charge >= 0.3 is 0 Å². The fraction of sp³-hybridized carbons (Fsp3) is 0.417. The Morgan fingerprint density at radius 3 is 2.61 bits per heavy atom. The molecule has 1 heterocycles.